The molecule has 2 aliphatic rings. The maximum Gasteiger partial charge on any atom is 0.338 e. The first-order valence-corrected chi connectivity index (χ1v) is 9.49. The van der Waals surface area contributed by atoms with Crippen molar-refractivity contribution in [1.82, 2.24) is 0 Å². The van der Waals surface area contributed by atoms with Crippen LogP contribution in [0.15, 0.2) is 42.5 Å². The predicted octanol–water partition coefficient (Wildman–Crippen LogP) is 3.73. The Kier molecular flexibility index (Phi) is 4.78. The minimum absolute atomic E-state index is 0.0312. The highest BCUT2D eigenvalue weighted by atomic mass is 16.5. The van der Waals surface area contributed by atoms with Gasteiger partial charge in [0.15, 0.2) is 0 Å². The number of hydrogen-bond donors (Lipinski definition) is 2. The molecular formula is C22H30O4. The molecule has 26 heavy (non-hydrogen) atoms. The van der Waals surface area contributed by atoms with Gasteiger partial charge in [0, 0.05) is 12.3 Å². The van der Waals surface area contributed by atoms with Crippen molar-refractivity contribution in [3.63, 3.8) is 0 Å². The number of carbonyl (C=O) groups is 1. The number of esters is 1. The fourth-order valence-corrected chi connectivity index (χ4v) is 4.79. The van der Waals surface area contributed by atoms with Crippen LogP contribution in [0.1, 0.15) is 57.3 Å². The number of rotatable bonds is 3. The third-order valence-electron chi connectivity index (χ3n) is 6.39. The van der Waals surface area contributed by atoms with Crippen LogP contribution in [0, 0.1) is 17.3 Å². The zero-order valence-corrected chi connectivity index (χ0v) is 16.1. The van der Waals surface area contributed by atoms with E-state index < -0.39 is 23.3 Å². The molecule has 5 atom stereocenters. The molecule has 2 aliphatic carbocycles. The molecule has 0 heterocycles. The molecule has 0 bridgehead atoms. The Hall–Kier alpha value is -1.65. The first kappa shape index (κ1) is 19.1. The van der Waals surface area contributed by atoms with Gasteiger partial charge in [-0.25, -0.2) is 4.79 Å². The van der Waals surface area contributed by atoms with Crippen molar-refractivity contribution in [1.29, 1.82) is 0 Å². The summed E-state index contributed by atoms with van der Waals surface area (Å²) >= 11 is 0. The highest BCUT2D eigenvalue weighted by Crippen LogP contribution is 2.57. The van der Waals surface area contributed by atoms with Gasteiger partial charge >= 0.3 is 5.97 Å². The molecule has 4 heteroatoms. The maximum absolute atomic E-state index is 12.7. The zero-order valence-electron chi connectivity index (χ0n) is 16.1. The van der Waals surface area contributed by atoms with Gasteiger partial charge in [0.2, 0.25) is 0 Å². The third kappa shape index (κ3) is 3.33. The Bertz CT molecular complexity index is 693. The molecule has 0 aromatic heterocycles. The van der Waals surface area contributed by atoms with Crippen molar-refractivity contribution in [2.24, 2.45) is 17.3 Å². The first-order chi connectivity index (χ1) is 12.1. The summed E-state index contributed by atoms with van der Waals surface area (Å²) in [5.74, 6) is -0.634. The number of ether oxygens (including phenoxy) is 1. The molecular weight excluding hydrogens is 328 g/mol. The van der Waals surface area contributed by atoms with Gasteiger partial charge in [-0.3, -0.25) is 0 Å². The smallest absolute Gasteiger partial charge is 0.338 e. The van der Waals surface area contributed by atoms with Crippen LogP contribution in [0.5, 0.6) is 0 Å². The monoisotopic (exact) mass is 358 g/mol. The molecule has 2 N–H and O–H groups in total. The van der Waals surface area contributed by atoms with E-state index in [1.165, 1.54) is 0 Å². The molecule has 142 valence electrons. The van der Waals surface area contributed by atoms with Crippen LogP contribution < -0.4 is 0 Å². The van der Waals surface area contributed by atoms with Crippen LogP contribution in [-0.4, -0.2) is 33.5 Å². The lowest BCUT2D eigenvalue weighted by Gasteiger charge is -2.43. The Morgan fingerprint density at radius 1 is 1.12 bits per heavy atom. The molecule has 0 unspecified atom stereocenters. The van der Waals surface area contributed by atoms with Gasteiger partial charge in [0.25, 0.3) is 0 Å². The number of fused-ring (bicyclic) bond motifs is 1. The summed E-state index contributed by atoms with van der Waals surface area (Å²) in [4.78, 5) is 12.7. The van der Waals surface area contributed by atoms with E-state index in [1.807, 2.05) is 32.1 Å². The van der Waals surface area contributed by atoms with Crippen LogP contribution in [0.4, 0.5) is 0 Å². The Labute approximate surface area is 155 Å². The van der Waals surface area contributed by atoms with Crippen LogP contribution in [0.2, 0.25) is 0 Å². The highest BCUT2D eigenvalue weighted by Gasteiger charge is 2.59. The highest BCUT2D eigenvalue weighted by molar-refractivity contribution is 5.89. The summed E-state index contributed by atoms with van der Waals surface area (Å²) in [6, 6.07) is 8.88. The van der Waals surface area contributed by atoms with Crippen LogP contribution in [0.3, 0.4) is 0 Å². The first-order valence-electron chi connectivity index (χ1n) is 9.49. The van der Waals surface area contributed by atoms with E-state index in [4.69, 9.17) is 4.74 Å². The van der Waals surface area contributed by atoms with Gasteiger partial charge < -0.3 is 14.9 Å². The van der Waals surface area contributed by atoms with Crippen LogP contribution in [0.25, 0.3) is 0 Å². The van der Waals surface area contributed by atoms with Crippen molar-refractivity contribution in [2.75, 3.05) is 0 Å². The number of aliphatic hydroxyl groups is 2. The van der Waals surface area contributed by atoms with E-state index in [0.717, 1.165) is 6.42 Å². The van der Waals surface area contributed by atoms with Gasteiger partial charge in [-0.05, 0) is 43.2 Å². The Balaban J connectivity index is 1.98. The van der Waals surface area contributed by atoms with Gasteiger partial charge in [0.1, 0.15) is 6.10 Å². The maximum atomic E-state index is 12.7. The van der Waals surface area contributed by atoms with Crippen molar-refractivity contribution in [2.45, 2.75) is 64.3 Å². The summed E-state index contributed by atoms with van der Waals surface area (Å²) in [6.07, 6.45) is 5.01. The normalized spacial score (nSPS) is 39.5. The zero-order chi connectivity index (χ0) is 19.2. The lowest BCUT2D eigenvalue weighted by Crippen LogP contribution is -2.51. The molecule has 0 aliphatic heterocycles. The minimum Gasteiger partial charge on any atom is -0.458 e. The van der Waals surface area contributed by atoms with Gasteiger partial charge in [0.05, 0.1) is 16.8 Å². The fourth-order valence-electron chi connectivity index (χ4n) is 4.79. The third-order valence-corrected chi connectivity index (χ3v) is 6.39. The van der Waals surface area contributed by atoms with Crippen LogP contribution in [-0.2, 0) is 4.74 Å². The molecule has 1 saturated carbocycles. The molecule has 3 rings (SSSR count). The minimum atomic E-state index is -1.08. The molecule has 4 nitrogen and oxygen atoms in total. The molecule has 0 amide bonds. The SMILES string of the molecule is CC(C)[C@]1(O)CC[C@]2(C)C=C[C@](C)(O)C[C@H](OC(=O)c3ccccc3)[C@H]21. The molecule has 1 fully saturated rings. The predicted molar refractivity (Wildman–Crippen MR) is 101 cm³/mol. The molecule has 0 spiro atoms. The number of carbonyl (C=O) groups excluding carboxylic acids is 1. The van der Waals surface area contributed by atoms with E-state index in [1.54, 1.807) is 31.2 Å². The van der Waals surface area contributed by atoms with E-state index >= 15 is 0 Å². The average molecular weight is 358 g/mol. The summed E-state index contributed by atoms with van der Waals surface area (Å²) in [6.45, 7) is 7.84. The fraction of sp³-hybridized carbons (Fsp3) is 0.591. The van der Waals surface area contributed by atoms with E-state index in [2.05, 4.69) is 6.92 Å². The van der Waals surface area contributed by atoms with Crippen LogP contribution >= 0.6 is 0 Å². The number of hydrogen-bond acceptors (Lipinski definition) is 4. The summed E-state index contributed by atoms with van der Waals surface area (Å²) in [5, 5.41) is 22.2. The summed E-state index contributed by atoms with van der Waals surface area (Å²) in [7, 11) is 0. The van der Waals surface area contributed by atoms with Crippen molar-refractivity contribution < 1.29 is 19.7 Å². The van der Waals surface area contributed by atoms with E-state index in [9.17, 15) is 15.0 Å². The molecule has 1 aromatic rings. The number of benzene rings is 1. The van der Waals surface area contributed by atoms with E-state index in [-0.39, 0.29) is 23.7 Å². The Morgan fingerprint density at radius 3 is 2.38 bits per heavy atom. The van der Waals surface area contributed by atoms with Crippen molar-refractivity contribution >= 4 is 5.97 Å². The number of allylic oxidation sites excluding steroid dienone is 1. The van der Waals surface area contributed by atoms with Crippen molar-refractivity contribution in [3.8, 4) is 0 Å². The molecule has 0 radical (unpaired) electrons. The molecule has 1 aromatic carbocycles. The molecule has 0 saturated heterocycles. The average Bonchev–Trinajstić information content (AvgIpc) is 2.81. The van der Waals surface area contributed by atoms with Gasteiger partial charge in [-0.1, -0.05) is 51.1 Å². The standard InChI is InChI=1S/C22H30O4/c1-15(2)22(25)13-11-20(3)10-12-21(4,24)14-17(18(20)22)26-19(23)16-8-6-5-7-9-16/h5-10,12,15,17-18,24-25H,11,13-14H2,1-4H3/t17-,18+,20-,21-,22+/m0/s1. The second-order valence-corrected chi connectivity index (χ2v) is 8.83. The largest absolute Gasteiger partial charge is 0.458 e. The van der Waals surface area contributed by atoms with Gasteiger partial charge in [-0.15, -0.1) is 0 Å². The topological polar surface area (TPSA) is 66.8 Å². The van der Waals surface area contributed by atoms with Gasteiger partial charge in [-0.2, -0.15) is 0 Å². The quantitative estimate of drug-likeness (QED) is 0.638. The lowest BCUT2D eigenvalue weighted by atomic mass is 9.68. The second kappa shape index (κ2) is 6.50. The Morgan fingerprint density at radius 2 is 1.77 bits per heavy atom. The second-order valence-electron chi connectivity index (χ2n) is 8.83. The lowest BCUT2D eigenvalue weighted by molar-refractivity contribution is -0.116. The summed E-state index contributed by atoms with van der Waals surface area (Å²) in [5.41, 5.74) is -1.84. The summed E-state index contributed by atoms with van der Waals surface area (Å²) < 4.78 is 5.92. The van der Waals surface area contributed by atoms with Crippen molar-refractivity contribution in [3.05, 3.63) is 48.0 Å². The van der Waals surface area contributed by atoms with E-state index in [0.29, 0.717) is 12.0 Å².